The molecule has 0 bridgehead atoms. The fourth-order valence-corrected chi connectivity index (χ4v) is 2.66. The highest BCUT2D eigenvalue weighted by molar-refractivity contribution is 7.89. The third-order valence-electron chi connectivity index (χ3n) is 2.82. The Kier molecular flexibility index (Phi) is 5.93. The number of urea groups is 1. The summed E-state index contributed by atoms with van der Waals surface area (Å²) < 4.78 is 26.5. The van der Waals surface area contributed by atoms with Gasteiger partial charge in [-0.25, -0.2) is 17.9 Å². The van der Waals surface area contributed by atoms with Crippen LogP contribution in [0.4, 0.5) is 4.79 Å². The van der Waals surface area contributed by atoms with Gasteiger partial charge in [0.15, 0.2) is 0 Å². The lowest BCUT2D eigenvalue weighted by molar-refractivity contribution is 0.249. The SMILES string of the molecule is CNC(C)c1cccc(S(=O)(=O)NCCNC(N)=O)c1. The van der Waals surface area contributed by atoms with Crippen LogP contribution in [0.5, 0.6) is 0 Å². The second-order valence-electron chi connectivity index (χ2n) is 4.27. The maximum absolute atomic E-state index is 12.1. The van der Waals surface area contributed by atoms with E-state index >= 15 is 0 Å². The minimum absolute atomic E-state index is 0.0571. The molecule has 0 saturated heterocycles. The second-order valence-corrected chi connectivity index (χ2v) is 6.04. The number of hydrogen-bond donors (Lipinski definition) is 4. The lowest BCUT2D eigenvalue weighted by Crippen LogP contribution is -2.37. The summed E-state index contributed by atoms with van der Waals surface area (Å²) in [4.78, 5) is 10.7. The van der Waals surface area contributed by atoms with Crippen LogP contribution in [0.1, 0.15) is 18.5 Å². The lowest BCUT2D eigenvalue weighted by atomic mass is 10.1. The zero-order valence-corrected chi connectivity index (χ0v) is 12.3. The zero-order chi connectivity index (χ0) is 15.2. The number of benzene rings is 1. The topological polar surface area (TPSA) is 113 Å². The third-order valence-corrected chi connectivity index (χ3v) is 4.28. The van der Waals surface area contributed by atoms with E-state index in [2.05, 4.69) is 15.4 Å². The highest BCUT2D eigenvalue weighted by atomic mass is 32.2. The fourth-order valence-electron chi connectivity index (χ4n) is 1.57. The molecule has 1 aromatic carbocycles. The Hall–Kier alpha value is -1.64. The Balaban J connectivity index is 2.74. The van der Waals surface area contributed by atoms with Crippen LogP contribution in [-0.4, -0.2) is 34.6 Å². The first kappa shape index (κ1) is 16.4. The number of primary amides is 1. The van der Waals surface area contributed by atoms with Crippen LogP contribution in [0, 0.1) is 0 Å². The van der Waals surface area contributed by atoms with Crippen molar-refractivity contribution in [2.75, 3.05) is 20.1 Å². The smallest absolute Gasteiger partial charge is 0.312 e. The van der Waals surface area contributed by atoms with Crippen molar-refractivity contribution in [2.24, 2.45) is 5.73 Å². The van der Waals surface area contributed by atoms with Crippen LogP contribution in [-0.2, 0) is 10.0 Å². The van der Waals surface area contributed by atoms with Crippen LogP contribution < -0.4 is 21.1 Å². The van der Waals surface area contributed by atoms with Crippen LogP contribution >= 0.6 is 0 Å². The molecule has 0 aliphatic carbocycles. The van der Waals surface area contributed by atoms with Crippen molar-refractivity contribution in [1.29, 1.82) is 0 Å². The number of sulfonamides is 1. The van der Waals surface area contributed by atoms with Crippen molar-refractivity contribution in [3.05, 3.63) is 29.8 Å². The summed E-state index contributed by atoms with van der Waals surface area (Å²) in [5.74, 6) is 0. The Morgan fingerprint density at radius 1 is 1.35 bits per heavy atom. The molecule has 0 fully saturated rings. The first-order chi connectivity index (χ1) is 9.36. The molecule has 2 amide bonds. The fraction of sp³-hybridized carbons (Fsp3) is 0.417. The standard InChI is InChI=1S/C12H20N4O3S/c1-9(14-2)10-4-3-5-11(8-10)20(18,19)16-7-6-15-12(13)17/h3-5,8-9,14,16H,6-7H2,1-2H3,(H3,13,15,17). The summed E-state index contributed by atoms with van der Waals surface area (Å²) in [5.41, 5.74) is 5.77. The van der Waals surface area contributed by atoms with E-state index in [0.29, 0.717) is 0 Å². The van der Waals surface area contributed by atoms with Crippen LogP contribution in [0.15, 0.2) is 29.2 Å². The number of carbonyl (C=O) groups is 1. The molecule has 112 valence electrons. The Labute approximate surface area is 119 Å². The number of nitrogens with one attached hydrogen (secondary N) is 3. The minimum atomic E-state index is -3.59. The maximum Gasteiger partial charge on any atom is 0.312 e. The molecule has 5 N–H and O–H groups in total. The first-order valence-corrected chi connectivity index (χ1v) is 7.65. The van der Waals surface area contributed by atoms with Crippen molar-refractivity contribution < 1.29 is 13.2 Å². The third kappa shape index (κ3) is 4.80. The molecule has 20 heavy (non-hydrogen) atoms. The molecule has 0 aliphatic rings. The summed E-state index contributed by atoms with van der Waals surface area (Å²) >= 11 is 0. The van der Waals surface area contributed by atoms with Gasteiger partial charge in [0, 0.05) is 19.1 Å². The summed E-state index contributed by atoms with van der Waals surface area (Å²) in [6.07, 6.45) is 0. The number of carbonyl (C=O) groups excluding carboxylic acids is 1. The van der Waals surface area contributed by atoms with Gasteiger partial charge in [-0.1, -0.05) is 12.1 Å². The van der Waals surface area contributed by atoms with Crippen LogP contribution in [0.3, 0.4) is 0 Å². The molecule has 0 aliphatic heterocycles. The summed E-state index contributed by atoms with van der Waals surface area (Å²) in [5, 5.41) is 5.36. The number of amides is 2. The van der Waals surface area contributed by atoms with Crippen molar-refractivity contribution in [3.8, 4) is 0 Å². The van der Waals surface area contributed by atoms with Gasteiger partial charge >= 0.3 is 6.03 Å². The van der Waals surface area contributed by atoms with Gasteiger partial charge < -0.3 is 16.4 Å². The maximum atomic E-state index is 12.1. The number of hydrogen-bond acceptors (Lipinski definition) is 4. The van der Waals surface area contributed by atoms with E-state index in [4.69, 9.17) is 5.73 Å². The van der Waals surface area contributed by atoms with E-state index < -0.39 is 16.1 Å². The van der Waals surface area contributed by atoms with Gasteiger partial charge in [0.2, 0.25) is 10.0 Å². The van der Waals surface area contributed by atoms with Crippen molar-refractivity contribution in [3.63, 3.8) is 0 Å². The van der Waals surface area contributed by atoms with E-state index in [1.54, 1.807) is 19.2 Å². The largest absolute Gasteiger partial charge is 0.352 e. The van der Waals surface area contributed by atoms with E-state index in [0.717, 1.165) is 5.56 Å². The van der Waals surface area contributed by atoms with Gasteiger partial charge in [-0.3, -0.25) is 0 Å². The van der Waals surface area contributed by atoms with Crippen molar-refractivity contribution >= 4 is 16.1 Å². The average molecular weight is 300 g/mol. The summed E-state index contributed by atoms with van der Waals surface area (Å²) in [6.45, 7) is 2.16. The van der Waals surface area contributed by atoms with Crippen molar-refractivity contribution in [1.82, 2.24) is 15.4 Å². The monoisotopic (exact) mass is 300 g/mol. The zero-order valence-electron chi connectivity index (χ0n) is 11.5. The van der Waals surface area contributed by atoms with E-state index in [1.165, 1.54) is 6.07 Å². The molecule has 1 aromatic rings. The van der Waals surface area contributed by atoms with E-state index in [-0.39, 0.29) is 24.0 Å². The lowest BCUT2D eigenvalue weighted by Gasteiger charge is -2.12. The number of rotatable bonds is 7. The Morgan fingerprint density at radius 2 is 2.05 bits per heavy atom. The van der Waals surface area contributed by atoms with Gasteiger partial charge in [-0.05, 0) is 31.7 Å². The molecule has 0 heterocycles. The molecule has 7 nitrogen and oxygen atoms in total. The molecule has 1 unspecified atom stereocenters. The van der Waals surface area contributed by atoms with E-state index in [9.17, 15) is 13.2 Å². The summed E-state index contributed by atoms with van der Waals surface area (Å²) in [7, 11) is -1.79. The molecule has 0 saturated carbocycles. The predicted octanol–water partition coefficient (Wildman–Crippen LogP) is -0.0864. The minimum Gasteiger partial charge on any atom is -0.352 e. The average Bonchev–Trinajstić information content (AvgIpc) is 2.42. The summed E-state index contributed by atoms with van der Waals surface area (Å²) in [6, 6.07) is 6.06. The Morgan fingerprint density at radius 3 is 2.65 bits per heavy atom. The van der Waals surface area contributed by atoms with E-state index in [1.807, 2.05) is 13.0 Å². The van der Waals surface area contributed by atoms with Crippen LogP contribution in [0.2, 0.25) is 0 Å². The molecule has 0 aromatic heterocycles. The van der Waals surface area contributed by atoms with Gasteiger partial charge in [-0.15, -0.1) is 0 Å². The highest BCUT2D eigenvalue weighted by Gasteiger charge is 2.14. The molecule has 0 radical (unpaired) electrons. The molecular formula is C12H20N4O3S. The first-order valence-electron chi connectivity index (χ1n) is 6.17. The van der Waals surface area contributed by atoms with Gasteiger partial charge in [-0.2, -0.15) is 0 Å². The number of nitrogens with two attached hydrogens (primary N) is 1. The van der Waals surface area contributed by atoms with Gasteiger partial charge in [0.25, 0.3) is 0 Å². The molecule has 1 rings (SSSR count). The molecular weight excluding hydrogens is 280 g/mol. The normalized spacial score (nSPS) is 12.9. The van der Waals surface area contributed by atoms with Gasteiger partial charge in [0.05, 0.1) is 4.90 Å². The highest BCUT2D eigenvalue weighted by Crippen LogP contribution is 2.16. The second kappa shape index (κ2) is 7.22. The Bertz CT molecular complexity index is 560. The van der Waals surface area contributed by atoms with Gasteiger partial charge in [0.1, 0.15) is 0 Å². The molecule has 1 atom stereocenters. The quantitative estimate of drug-likeness (QED) is 0.527. The predicted molar refractivity (Wildman–Crippen MR) is 76.7 cm³/mol. The van der Waals surface area contributed by atoms with Crippen LogP contribution in [0.25, 0.3) is 0 Å². The van der Waals surface area contributed by atoms with Crippen molar-refractivity contribution in [2.45, 2.75) is 17.9 Å². The molecule has 0 spiro atoms. The molecule has 8 heteroatoms.